The van der Waals surface area contributed by atoms with Crippen molar-refractivity contribution in [2.45, 2.75) is 18.7 Å². The Hall–Kier alpha value is -3.46. The van der Waals surface area contributed by atoms with Crippen LogP contribution in [0.3, 0.4) is 0 Å². The van der Waals surface area contributed by atoms with E-state index in [4.69, 9.17) is 4.52 Å². The quantitative estimate of drug-likeness (QED) is 0.595. The lowest BCUT2D eigenvalue weighted by molar-refractivity contribution is -0.111. The molecule has 0 aliphatic rings. The van der Waals surface area contributed by atoms with E-state index in [0.29, 0.717) is 22.5 Å². The number of amides is 1. The maximum Gasteiger partial charge on any atom is 0.264 e. The van der Waals surface area contributed by atoms with E-state index in [1.165, 1.54) is 42.5 Å². The van der Waals surface area contributed by atoms with Crippen LogP contribution >= 0.6 is 0 Å². The van der Waals surface area contributed by atoms with Gasteiger partial charge in [0.05, 0.1) is 10.6 Å². The first-order valence-corrected chi connectivity index (χ1v) is 10.0. The van der Waals surface area contributed by atoms with Gasteiger partial charge in [0.2, 0.25) is 11.8 Å². The summed E-state index contributed by atoms with van der Waals surface area (Å²) >= 11 is 0. The van der Waals surface area contributed by atoms with Crippen LogP contribution in [0.5, 0.6) is 0 Å². The van der Waals surface area contributed by atoms with Gasteiger partial charge in [-0.25, -0.2) is 17.5 Å². The Morgan fingerprint density at radius 3 is 2.31 bits per heavy atom. The summed E-state index contributed by atoms with van der Waals surface area (Å²) in [4.78, 5) is 12.0. The van der Waals surface area contributed by atoms with Gasteiger partial charge in [-0.2, -0.15) is 0 Å². The van der Waals surface area contributed by atoms with Crippen LogP contribution in [0.4, 0.5) is 16.0 Å². The van der Waals surface area contributed by atoms with Crippen LogP contribution in [-0.2, 0) is 14.8 Å². The molecule has 2 N–H and O–H groups in total. The summed E-state index contributed by atoms with van der Waals surface area (Å²) in [5, 5.41) is 6.33. The highest BCUT2D eigenvalue weighted by Crippen LogP contribution is 2.22. The van der Waals surface area contributed by atoms with Gasteiger partial charge in [0.1, 0.15) is 5.82 Å². The molecule has 0 aliphatic carbocycles. The molecule has 0 radical (unpaired) electrons. The molecular formula is C20H18FN3O4S. The van der Waals surface area contributed by atoms with Gasteiger partial charge in [-0.05, 0) is 61.9 Å². The number of anilines is 2. The van der Waals surface area contributed by atoms with Crippen LogP contribution in [0.1, 0.15) is 16.8 Å². The maximum absolute atomic E-state index is 12.9. The molecule has 29 heavy (non-hydrogen) atoms. The highest BCUT2D eigenvalue weighted by molar-refractivity contribution is 7.92. The third kappa shape index (κ3) is 5.08. The zero-order chi connectivity index (χ0) is 21.0. The highest BCUT2D eigenvalue weighted by Gasteiger charge is 2.19. The number of carbonyl (C=O) groups excluding carboxylic acids is 1. The van der Waals surface area contributed by atoms with E-state index >= 15 is 0 Å². The van der Waals surface area contributed by atoms with Gasteiger partial charge in [-0.1, -0.05) is 17.3 Å². The third-order valence-corrected chi connectivity index (χ3v) is 5.46. The van der Waals surface area contributed by atoms with Gasteiger partial charge in [-0.15, -0.1) is 0 Å². The molecule has 1 amide bonds. The molecule has 1 aromatic heterocycles. The molecule has 7 nitrogen and oxygen atoms in total. The zero-order valence-electron chi connectivity index (χ0n) is 15.6. The lowest BCUT2D eigenvalue weighted by Gasteiger charge is -2.07. The van der Waals surface area contributed by atoms with Crippen molar-refractivity contribution in [2.75, 3.05) is 10.0 Å². The van der Waals surface area contributed by atoms with Gasteiger partial charge in [0, 0.05) is 17.3 Å². The fourth-order valence-corrected chi connectivity index (χ4v) is 3.39. The average Bonchev–Trinajstić information content (AvgIpc) is 2.99. The summed E-state index contributed by atoms with van der Waals surface area (Å²) < 4.78 is 45.1. The van der Waals surface area contributed by atoms with Crippen molar-refractivity contribution in [3.8, 4) is 0 Å². The summed E-state index contributed by atoms with van der Waals surface area (Å²) in [6.07, 6.45) is 2.84. The van der Waals surface area contributed by atoms with Crippen molar-refractivity contribution in [1.29, 1.82) is 0 Å². The molecule has 9 heteroatoms. The number of rotatable bonds is 6. The smallest absolute Gasteiger partial charge is 0.264 e. The Balaban J connectivity index is 1.65. The van der Waals surface area contributed by atoms with Crippen LogP contribution in [0.25, 0.3) is 6.08 Å². The van der Waals surface area contributed by atoms with E-state index in [0.717, 1.165) is 0 Å². The van der Waals surface area contributed by atoms with E-state index in [-0.39, 0.29) is 16.6 Å². The lowest BCUT2D eigenvalue weighted by atomic mass is 10.2. The van der Waals surface area contributed by atoms with Crippen LogP contribution < -0.4 is 10.0 Å². The van der Waals surface area contributed by atoms with Crippen molar-refractivity contribution in [2.24, 2.45) is 0 Å². The Labute approximate surface area is 167 Å². The van der Waals surface area contributed by atoms with Crippen LogP contribution in [0, 0.1) is 19.7 Å². The van der Waals surface area contributed by atoms with Gasteiger partial charge in [-0.3, -0.25) is 4.79 Å². The molecule has 0 aliphatic heterocycles. The standard InChI is InChI=1S/C20H18FN3O4S/c1-13-14(2)23-28-20(13)24-29(26,27)18-10-8-17(9-11-18)22-19(25)12-5-15-3-6-16(21)7-4-15/h3-12,24H,1-2H3,(H,22,25). The second-order valence-electron chi connectivity index (χ2n) is 6.23. The average molecular weight is 415 g/mol. The summed E-state index contributed by atoms with van der Waals surface area (Å²) in [5.41, 5.74) is 2.29. The van der Waals surface area contributed by atoms with Crippen molar-refractivity contribution in [1.82, 2.24) is 5.16 Å². The predicted molar refractivity (Wildman–Crippen MR) is 107 cm³/mol. The van der Waals surface area contributed by atoms with E-state index in [2.05, 4.69) is 15.2 Å². The Kier molecular flexibility index (Phi) is 5.79. The van der Waals surface area contributed by atoms with Crippen LogP contribution in [-0.4, -0.2) is 19.5 Å². The van der Waals surface area contributed by atoms with Crippen molar-refractivity contribution >= 4 is 33.6 Å². The Bertz CT molecular complexity index is 1150. The van der Waals surface area contributed by atoms with E-state index in [1.807, 2.05) is 0 Å². The summed E-state index contributed by atoms with van der Waals surface area (Å²) in [6.45, 7) is 3.40. The fraction of sp³-hybridized carbons (Fsp3) is 0.100. The summed E-state index contributed by atoms with van der Waals surface area (Å²) in [6, 6.07) is 11.3. The number of aryl methyl sites for hydroxylation is 1. The molecule has 0 saturated heterocycles. The minimum atomic E-state index is -3.86. The molecule has 1 heterocycles. The molecule has 2 aromatic carbocycles. The Morgan fingerprint density at radius 2 is 1.72 bits per heavy atom. The lowest BCUT2D eigenvalue weighted by Crippen LogP contribution is -2.13. The van der Waals surface area contributed by atoms with Gasteiger partial charge >= 0.3 is 0 Å². The molecule has 0 saturated carbocycles. The number of halogens is 1. The number of aromatic nitrogens is 1. The van der Waals surface area contributed by atoms with Crippen molar-refractivity contribution < 1.29 is 22.1 Å². The maximum atomic E-state index is 12.9. The van der Waals surface area contributed by atoms with E-state index in [9.17, 15) is 17.6 Å². The highest BCUT2D eigenvalue weighted by atomic mass is 32.2. The molecule has 3 rings (SSSR count). The number of nitrogens with zero attached hydrogens (tertiary/aromatic N) is 1. The van der Waals surface area contributed by atoms with Crippen LogP contribution in [0.2, 0.25) is 0 Å². The first-order chi connectivity index (χ1) is 13.7. The van der Waals surface area contributed by atoms with E-state index in [1.54, 1.807) is 32.1 Å². The van der Waals surface area contributed by atoms with Crippen LogP contribution in [0.15, 0.2) is 64.0 Å². The molecule has 0 fully saturated rings. The number of carbonyl (C=O) groups is 1. The second-order valence-corrected chi connectivity index (χ2v) is 7.91. The van der Waals surface area contributed by atoms with Crippen molar-refractivity contribution in [3.05, 3.63) is 77.2 Å². The first-order valence-electron chi connectivity index (χ1n) is 8.55. The number of benzene rings is 2. The Morgan fingerprint density at radius 1 is 1.07 bits per heavy atom. The molecule has 0 bridgehead atoms. The number of sulfonamides is 1. The number of hydrogen-bond donors (Lipinski definition) is 2. The minimum absolute atomic E-state index is 0.00538. The summed E-state index contributed by atoms with van der Waals surface area (Å²) in [5.74, 6) is -0.702. The van der Waals surface area contributed by atoms with Gasteiger partial charge in [0.15, 0.2) is 0 Å². The first kappa shape index (κ1) is 20.3. The van der Waals surface area contributed by atoms with E-state index < -0.39 is 15.9 Å². The monoisotopic (exact) mass is 415 g/mol. The summed E-state index contributed by atoms with van der Waals surface area (Å²) in [7, 11) is -3.86. The van der Waals surface area contributed by atoms with Gasteiger partial charge < -0.3 is 9.84 Å². The predicted octanol–water partition coefficient (Wildman–Crippen LogP) is 3.88. The normalized spacial score (nSPS) is 11.6. The zero-order valence-corrected chi connectivity index (χ0v) is 16.5. The number of nitrogens with one attached hydrogen (secondary N) is 2. The molecule has 3 aromatic rings. The second kappa shape index (κ2) is 8.27. The fourth-order valence-electron chi connectivity index (χ4n) is 2.34. The molecule has 0 spiro atoms. The molecule has 0 atom stereocenters. The third-order valence-electron chi connectivity index (χ3n) is 4.11. The van der Waals surface area contributed by atoms with Gasteiger partial charge in [0.25, 0.3) is 10.0 Å². The topological polar surface area (TPSA) is 101 Å². The SMILES string of the molecule is Cc1noc(NS(=O)(=O)c2ccc(NC(=O)C=Cc3ccc(F)cc3)cc2)c1C. The minimum Gasteiger partial charge on any atom is -0.337 e. The largest absolute Gasteiger partial charge is 0.337 e. The molecule has 0 unspecified atom stereocenters. The molecule has 150 valence electrons. The molecular weight excluding hydrogens is 397 g/mol. The number of hydrogen-bond acceptors (Lipinski definition) is 5. The van der Waals surface area contributed by atoms with Crippen molar-refractivity contribution in [3.63, 3.8) is 0 Å².